The lowest BCUT2D eigenvalue weighted by Gasteiger charge is -2.33. The molecule has 1 saturated carbocycles. The van der Waals surface area contributed by atoms with E-state index in [1.807, 2.05) is 0 Å². The molecule has 1 aliphatic carbocycles. The lowest BCUT2D eigenvalue weighted by molar-refractivity contribution is -0.147. The molecular formula is C13H22F3NO. The Morgan fingerprint density at radius 1 is 1.39 bits per heavy atom. The molecule has 0 bridgehead atoms. The molecule has 5 heteroatoms. The zero-order valence-corrected chi connectivity index (χ0v) is 11.3. The second kappa shape index (κ2) is 6.04. The van der Waals surface area contributed by atoms with Crippen LogP contribution in [0.3, 0.4) is 0 Å². The van der Waals surface area contributed by atoms with E-state index >= 15 is 0 Å². The maximum atomic E-state index is 12.2. The van der Waals surface area contributed by atoms with E-state index in [0.29, 0.717) is 18.3 Å². The largest absolute Gasteiger partial charge is 0.401 e. The van der Waals surface area contributed by atoms with Gasteiger partial charge in [-0.2, -0.15) is 13.2 Å². The van der Waals surface area contributed by atoms with Crippen molar-refractivity contribution < 1.29 is 18.0 Å². The van der Waals surface area contributed by atoms with Crippen LogP contribution in [-0.4, -0.2) is 37.0 Å². The second-order valence-electron chi connectivity index (χ2n) is 5.75. The highest BCUT2D eigenvalue weighted by Gasteiger charge is 2.34. The Labute approximate surface area is 107 Å². The van der Waals surface area contributed by atoms with Crippen molar-refractivity contribution in [2.45, 2.75) is 39.3 Å². The van der Waals surface area contributed by atoms with Gasteiger partial charge in [-0.3, -0.25) is 9.69 Å². The first-order valence-corrected chi connectivity index (χ1v) is 6.47. The molecule has 0 aliphatic heterocycles. The minimum atomic E-state index is -4.19. The molecule has 1 rings (SSSR count). The van der Waals surface area contributed by atoms with Crippen molar-refractivity contribution in [1.29, 1.82) is 0 Å². The molecule has 18 heavy (non-hydrogen) atoms. The first kappa shape index (κ1) is 15.5. The van der Waals surface area contributed by atoms with E-state index in [1.54, 1.807) is 0 Å². The summed E-state index contributed by atoms with van der Waals surface area (Å²) in [5, 5.41) is 0. The maximum Gasteiger partial charge on any atom is 0.401 e. The molecule has 0 heterocycles. The number of carbonyl (C=O) groups excluding carboxylic acids is 1. The minimum absolute atomic E-state index is 0.126. The van der Waals surface area contributed by atoms with E-state index < -0.39 is 12.7 Å². The number of alkyl halides is 3. The lowest BCUT2D eigenvalue weighted by atomic mass is 9.75. The van der Waals surface area contributed by atoms with Crippen LogP contribution in [0.2, 0.25) is 0 Å². The monoisotopic (exact) mass is 265 g/mol. The number of rotatable bonds is 4. The van der Waals surface area contributed by atoms with Gasteiger partial charge in [-0.1, -0.05) is 13.8 Å². The third-order valence-corrected chi connectivity index (χ3v) is 3.73. The zero-order valence-electron chi connectivity index (χ0n) is 11.3. The van der Waals surface area contributed by atoms with Crippen molar-refractivity contribution in [3.05, 3.63) is 0 Å². The molecule has 2 nitrogen and oxygen atoms in total. The molecule has 0 amide bonds. The predicted molar refractivity (Wildman–Crippen MR) is 64.2 cm³/mol. The molecule has 0 radical (unpaired) electrons. The van der Waals surface area contributed by atoms with Gasteiger partial charge in [-0.25, -0.2) is 0 Å². The molecule has 0 aromatic carbocycles. The summed E-state index contributed by atoms with van der Waals surface area (Å²) in [5.41, 5.74) is 0. The fourth-order valence-electron chi connectivity index (χ4n) is 2.68. The van der Waals surface area contributed by atoms with Gasteiger partial charge in [0.1, 0.15) is 5.78 Å². The maximum absolute atomic E-state index is 12.2. The van der Waals surface area contributed by atoms with Gasteiger partial charge in [0.2, 0.25) is 0 Å². The molecule has 0 aromatic rings. The molecule has 0 saturated heterocycles. The van der Waals surface area contributed by atoms with Crippen molar-refractivity contribution >= 4 is 5.78 Å². The Hall–Kier alpha value is -0.580. The molecule has 2 unspecified atom stereocenters. The van der Waals surface area contributed by atoms with Crippen LogP contribution in [0.5, 0.6) is 0 Å². The van der Waals surface area contributed by atoms with Crippen LogP contribution in [-0.2, 0) is 4.79 Å². The Kier molecular flexibility index (Phi) is 5.20. The number of hydrogen-bond acceptors (Lipinski definition) is 2. The van der Waals surface area contributed by atoms with Crippen molar-refractivity contribution in [2.24, 2.45) is 17.8 Å². The Morgan fingerprint density at radius 2 is 2.00 bits per heavy atom. The summed E-state index contributed by atoms with van der Waals surface area (Å²) in [7, 11) is 1.43. The summed E-state index contributed by atoms with van der Waals surface area (Å²) in [4.78, 5) is 13.0. The first-order valence-electron chi connectivity index (χ1n) is 6.47. The van der Waals surface area contributed by atoms with Gasteiger partial charge in [0.25, 0.3) is 0 Å². The highest BCUT2D eigenvalue weighted by molar-refractivity contribution is 5.81. The van der Waals surface area contributed by atoms with Gasteiger partial charge in [-0.05, 0) is 31.7 Å². The van der Waals surface area contributed by atoms with E-state index in [-0.39, 0.29) is 18.2 Å². The molecule has 1 fully saturated rings. The summed E-state index contributed by atoms with van der Waals surface area (Å²) >= 11 is 0. The average Bonchev–Trinajstić information content (AvgIpc) is 2.18. The van der Waals surface area contributed by atoms with Gasteiger partial charge in [0, 0.05) is 18.9 Å². The molecule has 0 N–H and O–H groups in total. The van der Waals surface area contributed by atoms with E-state index in [9.17, 15) is 18.0 Å². The number of Topliss-reactive ketones (excluding diaryl/α,β-unsaturated/α-hetero) is 1. The number of hydrogen-bond donors (Lipinski definition) is 0. The molecule has 2 atom stereocenters. The summed E-state index contributed by atoms with van der Waals surface area (Å²) in [6, 6.07) is 0. The normalized spacial score (nSPS) is 26.1. The fraction of sp³-hybridized carbons (Fsp3) is 0.923. The molecule has 1 aliphatic rings. The zero-order chi connectivity index (χ0) is 13.9. The summed E-state index contributed by atoms with van der Waals surface area (Å²) in [6.07, 6.45) is -2.05. The van der Waals surface area contributed by atoms with Crippen LogP contribution in [0.25, 0.3) is 0 Å². The summed E-state index contributed by atoms with van der Waals surface area (Å²) in [5.74, 6) is 0.861. The van der Waals surface area contributed by atoms with Crippen LogP contribution in [0.15, 0.2) is 0 Å². The Balaban J connectivity index is 2.51. The van der Waals surface area contributed by atoms with Crippen LogP contribution in [0.1, 0.15) is 33.1 Å². The van der Waals surface area contributed by atoms with Gasteiger partial charge >= 0.3 is 6.18 Å². The number of halogens is 3. The fourth-order valence-corrected chi connectivity index (χ4v) is 2.68. The highest BCUT2D eigenvalue weighted by atomic mass is 19.4. The van der Waals surface area contributed by atoms with Crippen LogP contribution in [0, 0.1) is 17.8 Å². The molecule has 0 spiro atoms. The van der Waals surface area contributed by atoms with Crippen molar-refractivity contribution in [3.63, 3.8) is 0 Å². The van der Waals surface area contributed by atoms with Crippen molar-refractivity contribution in [1.82, 2.24) is 4.90 Å². The molecular weight excluding hydrogens is 243 g/mol. The summed E-state index contributed by atoms with van der Waals surface area (Å²) < 4.78 is 36.7. The van der Waals surface area contributed by atoms with Crippen LogP contribution < -0.4 is 0 Å². The average molecular weight is 265 g/mol. The SMILES string of the molecule is CC(C)C1CCC(=O)C(CN(C)CC(F)(F)F)C1. The first-order chi connectivity index (χ1) is 8.19. The van der Waals surface area contributed by atoms with Gasteiger partial charge in [0.05, 0.1) is 6.54 Å². The number of nitrogens with zero attached hydrogens (tertiary/aromatic N) is 1. The number of carbonyl (C=O) groups is 1. The van der Waals surface area contributed by atoms with E-state index in [0.717, 1.165) is 12.8 Å². The van der Waals surface area contributed by atoms with Gasteiger partial charge in [0.15, 0.2) is 0 Å². The smallest absolute Gasteiger partial charge is 0.299 e. The molecule has 106 valence electrons. The predicted octanol–water partition coefficient (Wildman–Crippen LogP) is 3.12. The van der Waals surface area contributed by atoms with Crippen molar-refractivity contribution in [2.75, 3.05) is 20.1 Å². The van der Waals surface area contributed by atoms with Crippen molar-refractivity contribution in [3.8, 4) is 0 Å². The van der Waals surface area contributed by atoms with Gasteiger partial charge < -0.3 is 0 Å². The highest BCUT2D eigenvalue weighted by Crippen LogP contribution is 2.32. The van der Waals surface area contributed by atoms with Crippen LogP contribution >= 0.6 is 0 Å². The Morgan fingerprint density at radius 3 is 2.50 bits per heavy atom. The number of ketones is 1. The minimum Gasteiger partial charge on any atom is -0.299 e. The summed E-state index contributed by atoms with van der Waals surface area (Å²) in [6.45, 7) is 3.50. The third-order valence-electron chi connectivity index (χ3n) is 3.73. The van der Waals surface area contributed by atoms with Crippen LogP contribution in [0.4, 0.5) is 13.2 Å². The van der Waals surface area contributed by atoms with E-state index in [4.69, 9.17) is 0 Å². The standard InChI is InChI=1S/C13H22F3NO/c1-9(2)10-4-5-12(18)11(6-10)7-17(3)8-13(14,15)16/h9-11H,4-8H2,1-3H3. The van der Waals surface area contributed by atoms with E-state index in [1.165, 1.54) is 11.9 Å². The molecule has 0 aromatic heterocycles. The lowest BCUT2D eigenvalue weighted by Crippen LogP contribution is -2.39. The second-order valence-corrected chi connectivity index (χ2v) is 5.75. The third kappa shape index (κ3) is 4.96. The van der Waals surface area contributed by atoms with Gasteiger partial charge in [-0.15, -0.1) is 0 Å². The van der Waals surface area contributed by atoms with E-state index in [2.05, 4.69) is 13.8 Å². The Bertz CT molecular complexity index is 288. The topological polar surface area (TPSA) is 20.3 Å². The quantitative estimate of drug-likeness (QED) is 0.778.